The van der Waals surface area contributed by atoms with E-state index in [9.17, 15) is 0 Å². The molecular formula is C17H21BrN4O. The van der Waals surface area contributed by atoms with E-state index in [0.717, 1.165) is 27.2 Å². The molecule has 0 amide bonds. The maximum atomic E-state index is 8.91. The molecule has 1 aliphatic rings. The van der Waals surface area contributed by atoms with Crippen LogP contribution in [-0.2, 0) is 0 Å². The smallest absolute Gasteiger partial charge is 0.224 e. The van der Waals surface area contributed by atoms with Crippen LogP contribution in [-0.4, -0.2) is 28.2 Å². The molecule has 1 heterocycles. The van der Waals surface area contributed by atoms with Crippen LogP contribution in [0.25, 0.3) is 0 Å². The van der Waals surface area contributed by atoms with Crippen molar-refractivity contribution in [1.82, 2.24) is 9.97 Å². The molecule has 0 unspecified atom stereocenters. The lowest BCUT2D eigenvalue weighted by atomic mass is 10.2. The molecule has 0 bridgehead atoms. The summed E-state index contributed by atoms with van der Waals surface area (Å²) in [6, 6.07) is 8.11. The Bertz CT molecular complexity index is 688. The van der Waals surface area contributed by atoms with Crippen molar-refractivity contribution < 1.29 is 5.11 Å². The van der Waals surface area contributed by atoms with Gasteiger partial charge in [0.1, 0.15) is 5.82 Å². The Morgan fingerprint density at radius 3 is 2.87 bits per heavy atom. The summed E-state index contributed by atoms with van der Waals surface area (Å²) < 4.78 is 1.07. The summed E-state index contributed by atoms with van der Waals surface area (Å²) in [5.41, 5.74) is 3.26. The van der Waals surface area contributed by atoms with Gasteiger partial charge in [0.05, 0.1) is 5.69 Å². The Kier molecular flexibility index (Phi) is 5.13. The zero-order chi connectivity index (χ0) is 16.2. The Morgan fingerprint density at radius 2 is 2.13 bits per heavy atom. The topological polar surface area (TPSA) is 70.1 Å². The molecule has 0 saturated heterocycles. The molecule has 5 nitrogen and oxygen atoms in total. The molecule has 3 N–H and O–H groups in total. The maximum absolute atomic E-state index is 8.91. The number of anilines is 3. The zero-order valence-corrected chi connectivity index (χ0v) is 14.7. The quantitative estimate of drug-likeness (QED) is 0.637. The highest BCUT2D eigenvalue weighted by Crippen LogP contribution is 2.40. The van der Waals surface area contributed by atoms with Crippen LogP contribution in [0.2, 0.25) is 0 Å². The molecular weight excluding hydrogens is 356 g/mol. The highest BCUT2D eigenvalue weighted by atomic mass is 79.9. The average molecular weight is 377 g/mol. The summed E-state index contributed by atoms with van der Waals surface area (Å²) in [5, 5.41) is 15.5. The van der Waals surface area contributed by atoms with Crippen LogP contribution in [0.15, 0.2) is 28.7 Å². The Morgan fingerprint density at radius 1 is 1.30 bits per heavy atom. The molecule has 6 heteroatoms. The van der Waals surface area contributed by atoms with Gasteiger partial charge >= 0.3 is 0 Å². The molecule has 1 aromatic carbocycles. The minimum atomic E-state index is 0.164. The second-order valence-corrected chi connectivity index (χ2v) is 6.67. The molecule has 0 radical (unpaired) electrons. The van der Waals surface area contributed by atoms with Gasteiger partial charge in [-0.3, -0.25) is 0 Å². The number of benzene rings is 1. The van der Waals surface area contributed by atoms with Gasteiger partial charge in [-0.1, -0.05) is 22.0 Å². The number of nitrogens with zero attached hydrogens (tertiary/aromatic N) is 2. The molecule has 1 aromatic heterocycles. The van der Waals surface area contributed by atoms with Gasteiger partial charge in [0.25, 0.3) is 0 Å². The van der Waals surface area contributed by atoms with E-state index in [1.807, 2.05) is 24.3 Å². The maximum Gasteiger partial charge on any atom is 0.224 e. The molecule has 0 spiro atoms. The third kappa shape index (κ3) is 4.20. The van der Waals surface area contributed by atoms with Crippen LogP contribution in [0, 0.1) is 6.92 Å². The fourth-order valence-electron chi connectivity index (χ4n) is 2.36. The number of nitrogens with one attached hydrogen (secondary N) is 2. The molecule has 0 atom stereocenters. The van der Waals surface area contributed by atoms with Gasteiger partial charge in [0, 0.05) is 35.3 Å². The van der Waals surface area contributed by atoms with Crippen LogP contribution in [0.1, 0.15) is 36.4 Å². The molecule has 3 rings (SSSR count). The number of hydrogen-bond acceptors (Lipinski definition) is 5. The monoisotopic (exact) mass is 376 g/mol. The number of rotatable bonds is 7. The summed E-state index contributed by atoms with van der Waals surface area (Å²) in [4.78, 5) is 9.15. The second-order valence-electron chi connectivity index (χ2n) is 5.82. The number of aliphatic hydroxyl groups excluding tert-OH is 1. The Hall–Kier alpha value is -1.66. The van der Waals surface area contributed by atoms with E-state index in [1.165, 1.54) is 12.8 Å². The minimum absolute atomic E-state index is 0.164. The summed E-state index contributed by atoms with van der Waals surface area (Å²) in [5.74, 6) is 1.98. The lowest BCUT2D eigenvalue weighted by Crippen LogP contribution is -2.09. The molecule has 2 aromatic rings. The van der Waals surface area contributed by atoms with Gasteiger partial charge in [-0.25, -0.2) is 4.98 Å². The van der Waals surface area contributed by atoms with Gasteiger partial charge in [0.2, 0.25) is 5.95 Å². The van der Waals surface area contributed by atoms with Gasteiger partial charge in [-0.05, 0) is 43.9 Å². The number of halogens is 1. The fourth-order valence-corrected chi connectivity index (χ4v) is 2.72. The predicted octanol–water partition coefficient (Wildman–Crippen LogP) is 3.96. The van der Waals surface area contributed by atoms with Gasteiger partial charge < -0.3 is 15.7 Å². The van der Waals surface area contributed by atoms with Crippen LogP contribution in [0.3, 0.4) is 0 Å². The summed E-state index contributed by atoms with van der Waals surface area (Å²) >= 11 is 3.55. The molecule has 23 heavy (non-hydrogen) atoms. The Balaban J connectivity index is 1.83. The van der Waals surface area contributed by atoms with Gasteiger partial charge in [-0.2, -0.15) is 4.98 Å². The minimum Gasteiger partial charge on any atom is -0.396 e. The van der Waals surface area contributed by atoms with Crippen molar-refractivity contribution in [1.29, 1.82) is 0 Å². The van der Waals surface area contributed by atoms with Gasteiger partial charge in [0.15, 0.2) is 0 Å². The van der Waals surface area contributed by atoms with Crippen LogP contribution < -0.4 is 10.6 Å². The van der Waals surface area contributed by atoms with Crippen molar-refractivity contribution in [3.8, 4) is 0 Å². The van der Waals surface area contributed by atoms with E-state index in [4.69, 9.17) is 5.11 Å². The summed E-state index contributed by atoms with van der Waals surface area (Å²) in [7, 11) is 0. The van der Waals surface area contributed by atoms with Crippen molar-refractivity contribution in [2.75, 3.05) is 23.8 Å². The third-order valence-corrected chi connectivity index (χ3v) is 4.75. The van der Waals surface area contributed by atoms with Crippen LogP contribution in [0.4, 0.5) is 17.5 Å². The van der Waals surface area contributed by atoms with E-state index in [1.54, 1.807) is 0 Å². The first-order chi connectivity index (χ1) is 11.2. The normalized spacial score (nSPS) is 13.9. The molecule has 0 aliphatic heterocycles. The zero-order valence-electron chi connectivity index (χ0n) is 13.1. The van der Waals surface area contributed by atoms with Crippen LogP contribution in [0.5, 0.6) is 0 Å². The highest BCUT2D eigenvalue weighted by Gasteiger charge is 2.26. The predicted molar refractivity (Wildman–Crippen MR) is 96.4 cm³/mol. The van der Waals surface area contributed by atoms with E-state index in [0.29, 0.717) is 24.8 Å². The molecule has 122 valence electrons. The number of hydrogen-bond donors (Lipinski definition) is 3. The summed E-state index contributed by atoms with van der Waals surface area (Å²) in [6.07, 6.45) is 3.08. The van der Waals surface area contributed by atoms with Gasteiger partial charge in [-0.15, -0.1) is 0 Å². The fraction of sp³-hybridized carbons (Fsp3) is 0.412. The largest absolute Gasteiger partial charge is 0.396 e. The highest BCUT2D eigenvalue weighted by molar-refractivity contribution is 9.10. The third-order valence-electron chi connectivity index (χ3n) is 3.89. The average Bonchev–Trinajstić information content (AvgIpc) is 3.37. The van der Waals surface area contributed by atoms with E-state index >= 15 is 0 Å². The van der Waals surface area contributed by atoms with Crippen LogP contribution >= 0.6 is 15.9 Å². The van der Waals surface area contributed by atoms with E-state index in [2.05, 4.69) is 43.5 Å². The van der Waals surface area contributed by atoms with Crippen molar-refractivity contribution >= 4 is 33.4 Å². The molecule has 1 saturated carbocycles. The van der Waals surface area contributed by atoms with Crippen molar-refractivity contribution in [2.24, 2.45) is 0 Å². The standard InChI is InChI=1S/C17H21BrN4O/c1-11-13(18)4-2-5-14(11)20-16-10-15(12-6-7-12)21-17(22-16)19-8-3-9-23/h2,4-5,10,12,23H,3,6-9H2,1H3,(H2,19,20,21,22). The van der Waals surface area contributed by atoms with E-state index in [-0.39, 0.29) is 6.61 Å². The summed E-state index contributed by atoms with van der Waals surface area (Å²) in [6.45, 7) is 2.90. The van der Waals surface area contributed by atoms with Crippen molar-refractivity contribution in [2.45, 2.75) is 32.1 Å². The Labute approximate surface area is 144 Å². The first kappa shape index (κ1) is 16.2. The number of aliphatic hydroxyl groups is 1. The molecule has 1 fully saturated rings. The van der Waals surface area contributed by atoms with Crippen molar-refractivity contribution in [3.63, 3.8) is 0 Å². The lowest BCUT2D eigenvalue weighted by Gasteiger charge is -2.13. The van der Waals surface area contributed by atoms with Crippen molar-refractivity contribution in [3.05, 3.63) is 40.0 Å². The molecule has 1 aliphatic carbocycles. The SMILES string of the molecule is Cc1c(Br)cccc1Nc1cc(C2CC2)nc(NCCCO)n1. The number of aromatic nitrogens is 2. The second kappa shape index (κ2) is 7.27. The first-order valence-electron chi connectivity index (χ1n) is 7.93. The first-order valence-corrected chi connectivity index (χ1v) is 8.72. The van der Waals surface area contributed by atoms with E-state index < -0.39 is 0 Å². The lowest BCUT2D eigenvalue weighted by molar-refractivity contribution is 0.292.